The van der Waals surface area contributed by atoms with Crippen LogP contribution in [0.4, 0.5) is 5.69 Å². The number of fused-ring (bicyclic) bond motifs is 1. The van der Waals surface area contributed by atoms with E-state index >= 15 is 0 Å². The van der Waals surface area contributed by atoms with Gasteiger partial charge >= 0.3 is 0 Å². The van der Waals surface area contributed by atoms with E-state index in [0.717, 1.165) is 40.0 Å². The number of halogens is 1. The van der Waals surface area contributed by atoms with Gasteiger partial charge in [-0.2, -0.15) is 0 Å². The van der Waals surface area contributed by atoms with Gasteiger partial charge in [0.25, 0.3) is 0 Å². The van der Waals surface area contributed by atoms with Gasteiger partial charge in [0.2, 0.25) is 5.89 Å². The first-order chi connectivity index (χ1) is 9.69. The SMILES string of the molecule is Nc1ccc(C2(c3nc4cccc(Br)c4o3)CC2)cc1. The number of hydrogen-bond donors (Lipinski definition) is 1. The van der Waals surface area contributed by atoms with Crippen molar-refractivity contribution in [2.45, 2.75) is 18.3 Å². The number of benzene rings is 2. The van der Waals surface area contributed by atoms with Crippen LogP contribution in [0.15, 0.2) is 51.4 Å². The van der Waals surface area contributed by atoms with Crippen molar-refractivity contribution in [3.05, 3.63) is 58.4 Å². The van der Waals surface area contributed by atoms with Gasteiger partial charge in [-0.25, -0.2) is 4.98 Å². The summed E-state index contributed by atoms with van der Waals surface area (Å²) in [5.74, 6) is 0.809. The lowest BCUT2D eigenvalue weighted by Gasteiger charge is -2.11. The highest BCUT2D eigenvalue weighted by atomic mass is 79.9. The quantitative estimate of drug-likeness (QED) is 0.715. The molecule has 0 aliphatic heterocycles. The molecule has 4 rings (SSSR count). The maximum atomic E-state index is 6.02. The Morgan fingerprint density at radius 3 is 2.50 bits per heavy atom. The molecule has 4 heteroatoms. The van der Waals surface area contributed by atoms with Crippen molar-refractivity contribution in [2.24, 2.45) is 0 Å². The molecular weight excluding hydrogens is 316 g/mol. The van der Waals surface area contributed by atoms with Gasteiger partial charge in [0.1, 0.15) is 5.52 Å². The van der Waals surface area contributed by atoms with E-state index in [9.17, 15) is 0 Å². The molecule has 3 nitrogen and oxygen atoms in total. The highest BCUT2D eigenvalue weighted by Gasteiger charge is 2.50. The summed E-state index contributed by atoms with van der Waals surface area (Å²) in [7, 11) is 0. The molecule has 3 aromatic rings. The van der Waals surface area contributed by atoms with Crippen molar-refractivity contribution >= 4 is 32.7 Å². The molecule has 1 aliphatic carbocycles. The molecule has 0 radical (unpaired) electrons. The van der Waals surface area contributed by atoms with Gasteiger partial charge in [0.05, 0.1) is 9.89 Å². The first kappa shape index (κ1) is 12.0. The van der Waals surface area contributed by atoms with E-state index < -0.39 is 0 Å². The minimum absolute atomic E-state index is 0.0633. The summed E-state index contributed by atoms with van der Waals surface area (Å²) in [6.45, 7) is 0. The average Bonchev–Trinajstić information content (AvgIpc) is 3.13. The normalized spacial score (nSPS) is 16.4. The molecule has 0 unspecified atom stereocenters. The summed E-state index contributed by atoms with van der Waals surface area (Å²) in [6.07, 6.45) is 2.14. The number of anilines is 1. The molecule has 1 heterocycles. The van der Waals surface area contributed by atoms with Crippen molar-refractivity contribution in [3.8, 4) is 0 Å². The highest BCUT2D eigenvalue weighted by Crippen LogP contribution is 2.53. The molecule has 0 saturated heterocycles. The number of nitrogens with zero attached hydrogens (tertiary/aromatic N) is 1. The summed E-state index contributed by atoms with van der Waals surface area (Å²) in [6, 6.07) is 14.0. The van der Waals surface area contributed by atoms with Gasteiger partial charge in [-0.15, -0.1) is 0 Å². The molecule has 1 aliphatic rings. The first-order valence-electron chi connectivity index (χ1n) is 6.61. The Balaban J connectivity index is 1.86. The highest BCUT2D eigenvalue weighted by molar-refractivity contribution is 9.10. The summed E-state index contributed by atoms with van der Waals surface area (Å²) >= 11 is 3.51. The second kappa shape index (κ2) is 4.09. The predicted molar refractivity (Wildman–Crippen MR) is 82.6 cm³/mol. The summed E-state index contributed by atoms with van der Waals surface area (Å²) < 4.78 is 6.97. The summed E-state index contributed by atoms with van der Waals surface area (Å²) in [5, 5.41) is 0. The molecule has 0 atom stereocenters. The number of hydrogen-bond acceptors (Lipinski definition) is 3. The molecule has 0 spiro atoms. The maximum absolute atomic E-state index is 6.02. The maximum Gasteiger partial charge on any atom is 0.206 e. The molecule has 0 bridgehead atoms. The number of nitrogens with two attached hydrogens (primary N) is 1. The van der Waals surface area contributed by atoms with Gasteiger partial charge in [0.15, 0.2) is 5.58 Å². The van der Waals surface area contributed by atoms with E-state index in [1.807, 2.05) is 30.3 Å². The third-order valence-electron chi connectivity index (χ3n) is 3.99. The predicted octanol–water partition coefficient (Wildman–Crippen LogP) is 4.25. The fourth-order valence-corrected chi connectivity index (χ4v) is 3.11. The first-order valence-corrected chi connectivity index (χ1v) is 7.40. The molecule has 2 aromatic carbocycles. The largest absolute Gasteiger partial charge is 0.439 e. The van der Waals surface area contributed by atoms with Crippen molar-refractivity contribution in [2.75, 3.05) is 5.73 Å². The standard InChI is InChI=1S/C16H13BrN2O/c17-12-2-1-3-13-14(12)20-15(19-13)16(8-9-16)10-4-6-11(18)7-5-10/h1-7H,8-9,18H2. The average molecular weight is 329 g/mol. The van der Waals surface area contributed by atoms with Crippen LogP contribution in [0.5, 0.6) is 0 Å². The van der Waals surface area contributed by atoms with E-state index in [1.54, 1.807) is 0 Å². The zero-order valence-electron chi connectivity index (χ0n) is 10.8. The fraction of sp³-hybridized carbons (Fsp3) is 0.188. The molecular formula is C16H13BrN2O. The number of para-hydroxylation sites is 1. The number of nitrogen functional groups attached to an aromatic ring is 1. The lowest BCUT2D eigenvalue weighted by atomic mass is 9.96. The third-order valence-corrected chi connectivity index (χ3v) is 4.61. The second-order valence-corrected chi connectivity index (χ2v) is 6.17. The van der Waals surface area contributed by atoms with Crippen LogP contribution in [0.2, 0.25) is 0 Å². The van der Waals surface area contributed by atoms with Crippen molar-refractivity contribution < 1.29 is 4.42 Å². The Labute approximate surface area is 124 Å². The van der Waals surface area contributed by atoms with E-state index in [1.165, 1.54) is 5.56 Å². The van der Waals surface area contributed by atoms with Crippen LogP contribution >= 0.6 is 15.9 Å². The Morgan fingerprint density at radius 1 is 1.10 bits per heavy atom. The van der Waals surface area contributed by atoms with Gasteiger partial charge < -0.3 is 10.2 Å². The van der Waals surface area contributed by atoms with Crippen molar-refractivity contribution in [1.82, 2.24) is 4.98 Å². The monoisotopic (exact) mass is 328 g/mol. The van der Waals surface area contributed by atoms with Gasteiger partial charge in [-0.1, -0.05) is 18.2 Å². The minimum Gasteiger partial charge on any atom is -0.439 e. The topological polar surface area (TPSA) is 52.0 Å². The Morgan fingerprint density at radius 2 is 1.85 bits per heavy atom. The molecule has 1 fully saturated rings. The number of rotatable bonds is 2. The van der Waals surface area contributed by atoms with Crippen molar-refractivity contribution in [1.29, 1.82) is 0 Å². The lowest BCUT2D eigenvalue weighted by Crippen LogP contribution is -2.08. The van der Waals surface area contributed by atoms with E-state index in [-0.39, 0.29) is 5.41 Å². The molecule has 100 valence electrons. The van der Waals surface area contributed by atoms with Crippen LogP contribution in [-0.2, 0) is 5.41 Å². The summed E-state index contributed by atoms with van der Waals surface area (Å²) in [5.41, 5.74) is 9.44. The van der Waals surface area contributed by atoms with Crippen molar-refractivity contribution in [3.63, 3.8) is 0 Å². The smallest absolute Gasteiger partial charge is 0.206 e. The number of aromatic nitrogens is 1. The van der Waals surface area contributed by atoms with E-state index in [2.05, 4.69) is 33.0 Å². The number of oxazole rings is 1. The second-order valence-electron chi connectivity index (χ2n) is 5.31. The van der Waals surface area contributed by atoms with Gasteiger partial charge in [-0.05, 0) is 58.6 Å². The van der Waals surface area contributed by atoms with Crippen LogP contribution in [0, 0.1) is 0 Å². The van der Waals surface area contributed by atoms with Crippen LogP contribution in [-0.4, -0.2) is 4.98 Å². The molecule has 20 heavy (non-hydrogen) atoms. The minimum atomic E-state index is -0.0633. The molecule has 1 saturated carbocycles. The molecule has 2 N–H and O–H groups in total. The lowest BCUT2D eigenvalue weighted by molar-refractivity contribution is 0.491. The molecule has 0 amide bonds. The zero-order valence-corrected chi connectivity index (χ0v) is 12.4. The zero-order chi connectivity index (χ0) is 13.7. The van der Waals surface area contributed by atoms with E-state index in [4.69, 9.17) is 10.2 Å². The van der Waals surface area contributed by atoms with Crippen LogP contribution in [0.1, 0.15) is 24.3 Å². The van der Waals surface area contributed by atoms with E-state index in [0.29, 0.717) is 0 Å². The molecule has 1 aromatic heterocycles. The van der Waals surface area contributed by atoms with Gasteiger partial charge in [0, 0.05) is 5.69 Å². The third kappa shape index (κ3) is 1.68. The van der Waals surface area contributed by atoms with Crippen LogP contribution in [0.25, 0.3) is 11.1 Å². The van der Waals surface area contributed by atoms with Gasteiger partial charge in [-0.3, -0.25) is 0 Å². The Bertz CT molecular complexity index is 788. The Hall–Kier alpha value is -1.81. The summed E-state index contributed by atoms with van der Waals surface area (Å²) in [4.78, 5) is 4.68. The van der Waals surface area contributed by atoms with Crippen LogP contribution < -0.4 is 5.73 Å². The fourth-order valence-electron chi connectivity index (χ4n) is 2.67. The van der Waals surface area contributed by atoms with Crippen LogP contribution in [0.3, 0.4) is 0 Å². The Kier molecular flexibility index (Phi) is 2.45.